The molecule has 22 heavy (non-hydrogen) atoms. The number of halogens is 1. The summed E-state index contributed by atoms with van der Waals surface area (Å²) in [5.41, 5.74) is 2.61. The number of carboxylic acid groups (broad SMARTS) is 1. The van der Waals surface area contributed by atoms with Gasteiger partial charge in [-0.15, -0.1) is 0 Å². The van der Waals surface area contributed by atoms with E-state index >= 15 is 0 Å². The van der Waals surface area contributed by atoms with E-state index in [9.17, 15) is 9.90 Å². The van der Waals surface area contributed by atoms with Crippen molar-refractivity contribution in [3.05, 3.63) is 46.6 Å². The van der Waals surface area contributed by atoms with Crippen LogP contribution in [0.4, 0.5) is 0 Å². The van der Waals surface area contributed by atoms with Crippen molar-refractivity contribution in [1.82, 2.24) is 4.98 Å². The molecule has 0 bridgehead atoms. The van der Waals surface area contributed by atoms with Crippen LogP contribution >= 0.6 is 11.6 Å². The Labute approximate surface area is 133 Å². The number of aromatic carboxylic acids is 1. The van der Waals surface area contributed by atoms with Gasteiger partial charge in [0.25, 0.3) is 0 Å². The van der Waals surface area contributed by atoms with E-state index in [1.54, 1.807) is 12.1 Å². The zero-order chi connectivity index (χ0) is 15.7. The van der Waals surface area contributed by atoms with Gasteiger partial charge in [-0.3, -0.25) is 0 Å². The lowest BCUT2D eigenvalue weighted by Gasteiger charge is -2.26. The van der Waals surface area contributed by atoms with Crippen LogP contribution in [0.15, 0.2) is 30.5 Å². The van der Waals surface area contributed by atoms with Crippen molar-refractivity contribution in [1.29, 1.82) is 0 Å². The number of benzene rings is 1. The third-order valence-corrected chi connectivity index (χ3v) is 4.32. The van der Waals surface area contributed by atoms with E-state index in [1.807, 2.05) is 19.1 Å². The fourth-order valence-corrected chi connectivity index (χ4v) is 2.45. The minimum Gasteiger partial charge on any atom is -0.478 e. The van der Waals surface area contributed by atoms with E-state index in [4.69, 9.17) is 16.3 Å². The standard InChI is InChI=1S/C17H16ClNO3/c1-10-7-11(5-6-15(10)18)14-8-12(17(20)21)9-19-16(14)22-13-3-2-4-13/h5-9,13H,2-4H2,1H3,(H,20,21). The minimum atomic E-state index is -1.00. The molecule has 1 saturated carbocycles. The first-order chi connectivity index (χ1) is 10.5. The van der Waals surface area contributed by atoms with E-state index < -0.39 is 5.97 Å². The van der Waals surface area contributed by atoms with Crippen molar-refractivity contribution in [3.8, 4) is 17.0 Å². The van der Waals surface area contributed by atoms with Gasteiger partial charge in [0.05, 0.1) is 5.56 Å². The van der Waals surface area contributed by atoms with Crippen molar-refractivity contribution in [2.75, 3.05) is 0 Å². The molecule has 5 heteroatoms. The Morgan fingerprint density at radius 2 is 2.14 bits per heavy atom. The molecule has 0 saturated heterocycles. The molecule has 0 atom stereocenters. The summed E-state index contributed by atoms with van der Waals surface area (Å²) in [5, 5.41) is 9.86. The van der Waals surface area contributed by atoms with Gasteiger partial charge in [0.15, 0.2) is 0 Å². The van der Waals surface area contributed by atoms with Gasteiger partial charge in [0, 0.05) is 16.8 Å². The van der Waals surface area contributed by atoms with Crippen LogP contribution in [0.2, 0.25) is 5.02 Å². The molecule has 1 aliphatic rings. The number of hydrogen-bond acceptors (Lipinski definition) is 3. The first-order valence-corrected chi connectivity index (χ1v) is 7.59. The van der Waals surface area contributed by atoms with Crippen LogP contribution in [0.3, 0.4) is 0 Å². The van der Waals surface area contributed by atoms with Crippen LogP contribution in [0.5, 0.6) is 5.88 Å². The molecule has 1 aromatic heterocycles. The summed E-state index contributed by atoms with van der Waals surface area (Å²) >= 11 is 6.06. The first-order valence-electron chi connectivity index (χ1n) is 7.21. The quantitative estimate of drug-likeness (QED) is 0.911. The van der Waals surface area contributed by atoms with Gasteiger partial charge in [0.1, 0.15) is 6.10 Å². The lowest BCUT2D eigenvalue weighted by atomic mass is 9.96. The number of hydrogen-bond donors (Lipinski definition) is 1. The van der Waals surface area contributed by atoms with Crippen LogP contribution in [-0.2, 0) is 0 Å². The van der Waals surface area contributed by atoms with Crippen LogP contribution in [0, 0.1) is 6.92 Å². The number of aromatic nitrogens is 1. The van der Waals surface area contributed by atoms with Gasteiger partial charge in [-0.05, 0) is 55.5 Å². The molecule has 0 amide bonds. The third-order valence-electron chi connectivity index (χ3n) is 3.90. The molecule has 114 valence electrons. The maximum absolute atomic E-state index is 11.2. The van der Waals surface area contributed by atoms with Gasteiger partial charge in [-0.2, -0.15) is 0 Å². The van der Waals surface area contributed by atoms with E-state index in [0.29, 0.717) is 16.5 Å². The summed E-state index contributed by atoms with van der Waals surface area (Å²) < 4.78 is 5.90. The van der Waals surface area contributed by atoms with Crippen molar-refractivity contribution in [2.45, 2.75) is 32.3 Å². The van der Waals surface area contributed by atoms with Crippen LogP contribution in [0.25, 0.3) is 11.1 Å². The molecule has 0 spiro atoms. The average molecular weight is 318 g/mol. The average Bonchev–Trinajstić information content (AvgIpc) is 2.45. The molecular formula is C17H16ClNO3. The monoisotopic (exact) mass is 317 g/mol. The Balaban J connectivity index is 2.05. The van der Waals surface area contributed by atoms with E-state index in [2.05, 4.69) is 4.98 Å². The van der Waals surface area contributed by atoms with E-state index in [-0.39, 0.29) is 11.7 Å². The highest BCUT2D eigenvalue weighted by Gasteiger charge is 2.22. The molecule has 2 aromatic rings. The largest absolute Gasteiger partial charge is 0.478 e. The Kier molecular flexibility index (Phi) is 4.03. The van der Waals surface area contributed by atoms with E-state index in [1.165, 1.54) is 6.20 Å². The number of ether oxygens (including phenoxy) is 1. The molecule has 1 aliphatic carbocycles. The second-order valence-corrected chi connectivity index (χ2v) is 5.92. The summed E-state index contributed by atoms with van der Waals surface area (Å²) in [5.74, 6) is -0.522. The zero-order valence-electron chi connectivity index (χ0n) is 12.2. The maximum Gasteiger partial charge on any atom is 0.337 e. The smallest absolute Gasteiger partial charge is 0.337 e. The number of rotatable bonds is 4. The summed E-state index contributed by atoms with van der Waals surface area (Å²) in [4.78, 5) is 15.4. The number of carboxylic acids is 1. The summed E-state index contributed by atoms with van der Waals surface area (Å²) in [6, 6.07) is 7.17. The summed E-state index contributed by atoms with van der Waals surface area (Å²) in [6.45, 7) is 1.91. The Morgan fingerprint density at radius 1 is 1.36 bits per heavy atom. The Bertz CT molecular complexity index is 726. The molecule has 1 fully saturated rings. The van der Waals surface area contributed by atoms with Crippen molar-refractivity contribution < 1.29 is 14.6 Å². The maximum atomic E-state index is 11.2. The van der Waals surface area contributed by atoms with Crippen LogP contribution in [0.1, 0.15) is 35.2 Å². The molecule has 0 unspecified atom stereocenters. The lowest BCUT2D eigenvalue weighted by molar-refractivity contribution is 0.0696. The molecule has 1 N–H and O–H groups in total. The number of pyridine rings is 1. The van der Waals surface area contributed by atoms with Crippen LogP contribution in [-0.4, -0.2) is 22.2 Å². The highest BCUT2D eigenvalue weighted by Crippen LogP contribution is 2.34. The molecule has 0 radical (unpaired) electrons. The fraction of sp³-hybridized carbons (Fsp3) is 0.294. The first kappa shape index (κ1) is 14.9. The van der Waals surface area contributed by atoms with Crippen molar-refractivity contribution in [3.63, 3.8) is 0 Å². The third kappa shape index (κ3) is 2.92. The van der Waals surface area contributed by atoms with E-state index in [0.717, 1.165) is 30.4 Å². The lowest BCUT2D eigenvalue weighted by Crippen LogP contribution is -2.25. The summed E-state index contributed by atoms with van der Waals surface area (Å²) in [7, 11) is 0. The predicted octanol–water partition coefficient (Wildman–Crippen LogP) is 4.34. The second-order valence-electron chi connectivity index (χ2n) is 5.52. The van der Waals surface area contributed by atoms with Gasteiger partial charge < -0.3 is 9.84 Å². The molecule has 0 aliphatic heterocycles. The zero-order valence-corrected chi connectivity index (χ0v) is 12.9. The van der Waals surface area contributed by atoms with Gasteiger partial charge in [0.2, 0.25) is 5.88 Å². The van der Waals surface area contributed by atoms with Crippen LogP contribution < -0.4 is 4.74 Å². The highest BCUT2D eigenvalue weighted by molar-refractivity contribution is 6.31. The topological polar surface area (TPSA) is 59.4 Å². The Hall–Kier alpha value is -2.07. The van der Waals surface area contributed by atoms with Crippen molar-refractivity contribution in [2.24, 2.45) is 0 Å². The SMILES string of the molecule is Cc1cc(-c2cc(C(=O)O)cnc2OC2CCC2)ccc1Cl. The number of carbonyl (C=O) groups is 1. The van der Waals surface area contributed by atoms with Crippen molar-refractivity contribution >= 4 is 17.6 Å². The summed E-state index contributed by atoms with van der Waals surface area (Å²) in [6.07, 6.45) is 4.70. The normalized spacial score (nSPS) is 14.5. The molecular weight excluding hydrogens is 302 g/mol. The van der Waals surface area contributed by atoms with Gasteiger partial charge in [-0.25, -0.2) is 9.78 Å². The Morgan fingerprint density at radius 3 is 2.73 bits per heavy atom. The second kappa shape index (κ2) is 5.97. The molecule has 1 heterocycles. The highest BCUT2D eigenvalue weighted by atomic mass is 35.5. The predicted molar refractivity (Wildman–Crippen MR) is 84.6 cm³/mol. The van der Waals surface area contributed by atoms with Gasteiger partial charge in [-0.1, -0.05) is 17.7 Å². The molecule has 3 rings (SSSR count). The fourth-order valence-electron chi connectivity index (χ4n) is 2.33. The number of aryl methyl sites for hydroxylation is 1. The minimum absolute atomic E-state index is 0.142. The molecule has 4 nitrogen and oxygen atoms in total. The molecule has 1 aromatic carbocycles. The number of nitrogens with zero attached hydrogens (tertiary/aromatic N) is 1. The van der Waals surface area contributed by atoms with Gasteiger partial charge >= 0.3 is 5.97 Å².